The predicted octanol–water partition coefficient (Wildman–Crippen LogP) is 1.88. The van der Waals surface area contributed by atoms with Gasteiger partial charge in [-0.1, -0.05) is 6.07 Å². The van der Waals surface area contributed by atoms with E-state index >= 15 is 0 Å². The normalized spacial score (nSPS) is 28.1. The molecule has 0 aromatic carbocycles. The summed E-state index contributed by atoms with van der Waals surface area (Å²) in [4.78, 5) is 19.4. The van der Waals surface area contributed by atoms with Gasteiger partial charge in [-0.3, -0.25) is 4.79 Å². The molecule has 0 unspecified atom stereocenters. The molecule has 4 heterocycles. The molecule has 1 amide bonds. The third-order valence-corrected chi connectivity index (χ3v) is 6.59. The number of carbonyl (C=O) groups excluding carboxylic acids is 1. The van der Waals surface area contributed by atoms with Crippen LogP contribution in [0.1, 0.15) is 42.6 Å². The molecule has 4 atom stereocenters. The predicted molar refractivity (Wildman–Crippen MR) is 102 cm³/mol. The van der Waals surface area contributed by atoms with Crippen LogP contribution in [0.3, 0.4) is 0 Å². The molecule has 7 nitrogen and oxygen atoms in total. The first-order valence-electron chi connectivity index (χ1n) is 10.1. The molecule has 2 aliphatic heterocycles. The Balaban J connectivity index is 1.28. The van der Waals surface area contributed by atoms with Gasteiger partial charge in [0.1, 0.15) is 0 Å². The van der Waals surface area contributed by atoms with Crippen LogP contribution in [0.15, 0.2) is 24.4 Å². The Morgan fingerprint density at radius 2 is 2.21 bits per heavy atom. The van der Waals surface area contributed by atoms with Gasteiger partial charge in [0, 0.05) is 23.3 Å². The fourth-order valence-corrected chi connectivity index (χ4v) is 5.19. The van der Waals surface area contributed by atoms with Gasteiger partial charge in [0.05, 0.1) is 18.3 Å². The lowest BCUT2D eigenvalue weighted by Gasteiger charge is -2.27. The second-order valence-electron chi connectivity index (χ2n) is 8.26. The van der Waals surface area contributed by atoms with E-state index in [1.807, 2.05) is 40.9 Å². The molecule has 0 saturated carbocycles. The first kappa shape index (κ1) is 17.2. The number of hydrogen-bond donors (Lipinski definition) is 1. The lowest BCUT2D eigenvalue weighted by Crippen LogP contribution is -2.46. The number of fused-ring (bicyclic) bond motifs is 3. The van der Waals surface area contributed by atoms with Crippen molar-refractivity contribution in [3.63, 3.8) is 0 Å². The van der Waals surface area contributed by atoms with E-state index in [9.17, 15) is 10.1 Å². The van der Waals surface area contributed by atoms with Crippen LogP contribution in [-0.2, 0) is 17.6 Å². The number of carbonyl (C=O) groups is 1. The maximum Gasteiger partial charge on any atom is 0.223 e. The average Bonchev–Trinajstić information content (AvgIpc) is 3.39. The van der Waals surface area contributed by atoms with Gasteiger partial charge < -0.3 is 10.2 Å². The standard InChI is InChI=1S/C21H24N6O/c1-13-3-2-4-20(24-13)27-18-7-5-14(9-15(18)11-23-27)21(28)25-17-10-16-6-8-19(17)26(16)12-22/h2-4,11,14,16-17,19H,5-10H2,1H3,(H,25,28)/t14-,16-,17+,19+/m0/s1. The summed E-state index contributed by atoms with van der Waals surface area (Å²) in [6, 6.07) is 6.56. The van der Waals surface area contributed by atoms with E-state index < -0.39 is 0 Å². The highest BCUT2D eigenvalue weighted by atomic mass is 16.2. The fourth-order valence-electron chi connectivity index (χ4n) is 5.19. The Hall–Kier alpha value is -2.88. The zero-order valence-corrected chi connectivity index (χ0v) is 16.0. The summed E-state index contributed by atoms with van der Waals surface area (Å²) in [5, 5.41) is 17.1. The summed E-state index contributed by atoms with van der Waals surface area (Å²) in [6.07, 6.45) is 9.53. The van der Waals surface area contributed by atoms with Crippen molar-refractivity contribution in [1.82, 2.24) is 25.0 Å². The van der Waals surface area contributed by atoms with Gasteiger partial charge in [0.2, 0.25) is 5.91 Å². The van der Waals surface area contributed by atoms with Gasteiger partial charge in [0.15, 0.2) is 12.0 Å². The number of aromatic nitrogens is 3. The second kappa shape index (κ2) is 6.62. The van der Waals surface area contributed by atoms with Gasteiger partial charge in [-0.2, -0.15) is 10.4 Å². The van der Waals surface area contributed by atoms with E-state index in [0.717, 1.165) is 61.3 Å². The first-order chi connectivity index (χ1) is 13.6. The fraction of sp³-hybridized carbons (Fsp3) is 0.524. The molecule has 3 aliphatic rings. The minimum absolute atomic E-state index is 0.0229. The second-order valence-corrected chi connectivity index (χ2v) is 8.26. The third kappa shape index (κ3) is 2.75. The molecule has 1 N–H and O–H groups in total. The summed E-state index contributed by atoms with van der Waals surface area (Å²) in [5.74, 6) is 0.940. The molecule has 1 aliphatic carbocycles. The summed E-state index contributed by atoms with van der Waals surface area (Å²) >= 11 is 0. The summed E-state index contributed by atoms with van der Waals surface area (Å²) in [7, 11) is 0. The number of hydrogen-bond acceptors (Lipinski definition) is 5. The van der Waals surface area contributed by atoms with E-state index in [0.29, 0.717) is 6.04 Å². The first-order valence-corrected chi connectivity index (χ1v) is 10.1. The van der Waals surface area contributed by atoms with E-state index in [1.165, 1.54) is 0 Å². The van der Waals surface area contributed by atoms with E-state index in [-0.39, 0.29) is 23.9 Å². The van der Waals surface area contributed by atoms with Crippen LogP contribution < -0.4 is 5.32 Å². The quantitative estimate of drug-likeness (QED) is 0.827. The maximum atomic E-state index is 12.9. The van der Waals surface area contributed by atoms with Crippen LogP contribution in [-0.4, -0.2) is 43.7 Å². The molecule has 144 valence electrons. The van der Waals surface area contributed by atoms with Gasteiger partial charge in [-0.25, -0.2) is 9.67 Å². The van der Waals surface area contributed by atoms with Crippen molar-refractivity contribution in [3.05, 3.63) is 41.3 Å². The Labute approximate surface area is 164 Å². The molecule has 2 saturated heterocycles. The van der Waals surface area contributed by atoms with Crippen LogP contribution in [0.25, 0.3) is 5.82 Å². The molecule has 0 radical (unpaired) electrons. The Morgan fingerprint density at radius 3 is 3.00 bits per heavy atom. The number of nitrogens with one attached hydrogen (secondary N) is 1. The molecular weight excluding hydrogens is 352 g/mol. The zero-order valence-electron chi connectivity index (χ0n) is 16.0. The number of amides is 1. The lowest BCUT2D eigenvalue weighted by atomic mass is 9.86. The maximum absolute atomic E-state index is 12.9. The highest BCUT2D eigenvalue weighted by molar-refractivity contribution is 5.79. The van der Waals surface area contributed by atoms with Crippen LogP contribution >= 0.6 is 0 Å². The van der Waals surface area contributed by atoms with Crippen molar-refractivity contribution in [2.75, 3.05) is 0 Å². The van der Waals surface area contributed by atoms with E-state index in [4.69, 9.17) is 0 Å². The smallest absolute Gasteiger partial charge is 0.223 e. The van der Waals surface area contributed by atoms with E-state index in [1.54, 1.807) is 0 Å². The number of pyridine rings is 1. The molecule has 2 fully saturated rings. The van der Waals surface area contributed by atoms with Gasteiger partial charge in [0.25, 0.3) is 0 Å². The number of aryl methyl sites for hydroxylation is 1. The van der Waals surface area contributed by atoms with Crippen LogP contribution in [0.4, 0.5) is 0 Å². The van der Waals surface area contributed by atoms with Gasteiger partial charge in [-0.15, -0.1) is 0 Å². The molecule has 28 heavy (non-hydrogen) atoms. The SMILES string of the molecule is Cc1cccc(-n2ncc3c2CC[C@H](C(=O)N[C@@H]2C[C@@H]4CC[C@H]2N4C#N)C3)n1. The number of rotatable bonds is 3. The Bertz CT molecular complexity index is 960. The molecule has 2 aromatic heterocycles. The van der Waals surface area contributed by atoms with E-state index in [2.05, 4.69) is 21.6 Å². The van der Waals surface area contributed by atoms with Crippen molar-refractivity contribution in [1.29, 1.82) is 5.26 Å². The molecule has 2 aromatic rings. The van der Waals surface area contributed by atoms with Crippen LogP contribution in [0.5, 0.6) is 0 Å². The third-order valence-electron chi connectivity index (χ3n) is 6.59. The van der Waals surface area contributed by atoms with Gasteiger partial charge in [-0.05, 0) is 63.1 Å². The highest BCUT2D eigenvalue weighted by Gasteiger charge is 2.47. The zero-order chi connectivity index (χ0) is 19.3. The lowest BCUT2D eigenvalue weighted by molar-refractivity contribution is -0.126. The topological polar surface area (TPSA) is 86.8 Å². The van der Waals surface area contributed by atoms with Crippen molar-refractivity contribution in [3.8, 4) is 12.0 Å². The molecule has 7 heteroatoms. The minimum atomic E-state index is -0.0229. The monoisotopic (exact) mass is 376 g/mol. The number of nitriles is 1. The van der Waals surface area contributed by atoms with Crippen molar-refractivity contribution in [2.45, 2.75) is 63.6 Å². The summed E-state index contributed by atoms with van der Waals surface area (Å²) in [5.41, 5.74) is 3.27. The minimum Gasteiger partial charge on any atom is -0.351 e. The summed E-state index contributed by atoms with van der Waals surface area (Å²) in [6.45, 7) is 1.98. The van der Waals surface area contributed by atoms with Gasteiger partial charge >= 0.3 is 0 Å². The Kier molecular flexibility index (Phi) is 4.08. The van der Waals surface area contributed by atoms with Crippen molar-refractivity contribution >= 4 is 5.91 Å². The average molecular weight is 376 g/mol. The van der Waals surface area contributed by atoms with Crippen molar-refractivity contribution < 1.29 is 4.79 Å². The molecule has 5 rings (SSSR count). The molecule has 0 spiro atoms. The Morgan fingerprint density at radius 1 is 1.32 bits per heavy atom. The largest absolute Gasteiger partial charge is 0.351 e. The highest BCUT2D eigenvalue weighted by Crippen LogP contribution is 2.37. The summed E-state index contributed by atoms with van der Waals surface area (Å²) < 4.78 is 1.91. The van der Waals surface area contributed by atoms with Crippen LogP contribution in [0, 0.1) is 24.3 Å². The van der Waals surface area contributed by atoms with Crippen LogP contribution in [0.2, 0.25) is 0 Å². The van der Waals surface area contributed by atoms with Crippen molar-refractivity contribution in [2.24, 2.45) is 5.92 Å². The molecular formula is C21H24N6O. The molecule has 2 bridgehead atoms. The number of nitrogens with zero attached hydrogens (tertiary/aromatic N) is 5.